The summed E-state index contributed by atoms with van der Waals surface area (Å²) in [6.07, 6.45) is 2.74. The molecule has 1 N–H and O–H groups in total. The maximum absolute atomic E-state index is 11.9. The van der Waals surface area contributed by atoms with Gasteiger partial charge in [0.25, 0.3) is 0 Å². The predicted octanol–water partition coefficient (Wildman–Crippen LogP) is 3.50. The molecule has 2 aromatic rings. The molecule has 0 bridgehead atoms. The molecule has 118 valence electrons. The minimum atomic E-state index is -3.35. The monoisotopic (exact) mass is 319 g/mol. The molecule has 2 rings (SSSR count). The lowest BCUT2D eigenvalue weighted by molar-refractivity contribution is 0.601. The summed E-state index contributed by atoms with van der Waals surface area (Å²) in [4.78, 5) is 14.0. The van der Waals surface area contributed by atoms with E-state index in [-0.39, 0.29) is 10.5 Å². The first-order chi connectivity index (χ1) is 10.3. The van der Waals surface area contributed by atoms with E-state index in [1.165, 1.54) is 12.3 Å². The van der Waals surface area contributed by atoms with Crippen molar-refractivity contribution in [3.8, 4) is 11.1 Å². The van der Waals surface area contributed by atoms with Gasteiger partial charge in [-0.05, 0) is 35.8 Å². The van der Waals surface area contributed by atoms with E-state index in [9.17, 15) is 13.2 Å². The summed E-state index contributed by atoms with van der Waals surface area (Å²) >= 11 is 0. The highest BCUT2D eigenvalue weighted by atomic mass is 32.2. The van der Waals surface area contributed by atoms with Gasteiger partial charge in [0.1, 0.15) is 0 Å². The first-order valence-corrected chi connectivity index (χ1v) is 8.88. The molecular formula is C17H21NO3S. The van der Waals surface area contributed by atoms with E-state index in [2.05, 4.69) is 11.6 Å². The van der Waals surface area contributed by atoms with Gasteiger partial charge in [-0.1, -0.05) is 32.6 Å². The highest BCUT2D eigenvalue weighted by Crippen LogP contribution is 2.32. The van der Waals surface area contributed by atoms with Gasteiger partial charge < -0.3 is 4.98 Å². The number of H-pyrrole nitrogens is 1. The Morgan fingerprint density at radius 2 is 1.77 bits per heavy atom. The number of aromatic nitrogens is 1. The number of rotatable bonds is 3. The molecule has 0 aliphatic heterocycles. The zero-order chi connectivity index (χ0) is 16.9. The van der Waals surface area contributed by atoms with Crippen LogP contribution in [0.1, 0.15) is 26.3 Å². The molecule has 0 spiro atoms. The number of allylic oxidation sites excluding steroid dienone is 1. The third kappa shape index (κ3) is 3.95. The third-order valence-electron chi connectivity index (χ3n) is 2.95. The van der Waals surface area contributed by atoms with E-state index >= 15 is 0 Å². The van der Waals surface area contributed by atoms with Crippen molar-refractivity contribution >= 4 is 15.4 Å². The molecule has 0 aliphatic carbocycles. The first kappa shape index (κ1) is 17.9. The Hall–Kier alpha value is -2.14. The molecule has 0 fully saturated rings. The lowest BCUT2D eigenvalue weighted by atomic mass is 9.97. The second-order valence-corrected chi connectivity index (χ2v) is 6.66. The lowest BCUT2D eigenvalue weighted by Gasteiger charge is -2.13. The minimum Gasteiger partial charge on any atom is -0.328 e. The molecule has 0 atom stereocenters. The topological polar surface area (TPSA) is 67.0 Å². The van der Waals surface area contributed by atoms with E-state index < -0.39 is 9.84 Å². The molecule has 4 nitrogen and oxygen atoms in total. The van der Waals surface area contributed by atoms with Crippen molar-refractivity contribution in [2.45, 2.75) is 25.7 Å². The van der Waals surface area contributed by atoms with Crippen molar-refractivity contribution in [3.05, 3.63) is 59.0 Å². The second-order valence-electron chi connectivity index (χ2n) is 4.67. The van der Waals surface area contributed by atoms with E-state index in [0.29, 0.717) is 11.1 Å². The first-order valence-electron chi connectivity index (χ1n) is 6.99. The van der Waals surface area contributed by atoms with E-state index in [1.807, 2.05) is 19.9 Å². The lowest BCUT2D eigenvalue weighted by Crippen LogP contribution is -2.05. The summed E-state index contributed by atoms with van der Waals surface area (Å²) in [6, 6.07) is 8.13. The Morgan fingerprint density at radius 3 is 2.23 bits per heavy atom. The molecule has 0 unspecified atom stereocenters. The molecular weight excluding hydrogens is 298 g/mol. The van der Waals surface area contributed by atoms with Crippen LogP contribution in [0.2, 0.25) is 0 Å². The Bertz CT molecular complexity index is 813. The molecule has 0 amide bonds. The van der Waals surface area contributed by atoms with Crippen LogP contribution in [-0.4, -0.2) is 19.7 Å². The maximum Gasteiger partial charge on any atom is 0.247 e. The molecule has 0 saturated heterocycles. The smallest absolute Gasteiger partial charge is 0.247 e. The van der Waals surface area contributed by atoms with Gasteiger partial charge in [-0.25, -0.2) is 8.42 Å². The summed E-state index contributed by atoms with van der Waals surface area (Å²) in [6.45, 7) is 9.63. The molecule has 0 radical (unpaired) electrons. The fourth-order valence-electron chi connectivity index (χ4n) is 2.10. The summed E-state index contributed by atoms with van der Waals surface area (Å²) in [5.74, 6) is 0. The fourth-order valence-corrected chi connectivity index (χ4v) is 3.08. The van der Waals surface area contributed by atoms with Crippen molar-refractivity contribution in [1.82, 2.24) is 4.98 Å². The van der Waals surface area contributed by atoms with Crippen LogP contribution >= 0.6 is 0 Å². The zero-order valence-electron chi connectivity index (χ0n) is 13.3. The normalized spacial score (nSPS) is 10.5. The molecule has 22 heavy (non-hydrogen) atoms. The van der Waals surface area contributed by atoms with Gasteiger partial charge in [0, 0.05) is 24.1 Å². The Kier molecular flexibility index (Phi) is 5.88. The molecule has 1 aromatic carbocycles. The van der Waals surface area contributed by atoms with Crippen molar-refractivity contribution in [1.29, 1.82) is 0 Å². The van der Waals surface area contributed by atoms with Crippen molar-refractivity contribution in [3.63, 3.8) is 0 Å². The quantitative estimate of drug-likeness (QED) is 0.941. The molecule has 1 heterocycles. The number of nitrogens with one attached hydrogen (secondary N) is 1. The van der Waals surface area contributed by atoms with Gasteiger partial charge in [0.05, 0.1) is 4.90 Å². The summed E-state index contributed by atoms with van der Waals surface area (Å²) in [5, 5.41) is 0. The minimum absolute atomic E-state index is 0.204. The van der Waals surface area contributed by atoms with Crippen molar-refractivity contribution in [2.24, 2.45) is 0 Å². The number of hydrogen-bond donors (Lipinski definition) is 1. The molecule has 0 aliphatic rings. The standard InChI is InChI=1S/C15H15NO3S.C2H6/c1-10(2)15-12(11-7-8-14(17)16-9-11)5-4-6-13(15)20(3,18)19;1-2/h4-9H,1H2,2-3H3,(H,16,17);1-2H3. The average molecular weight is 319 g/mol. The van der Waals surface area contributed by atoms with E-state index in [0.717, 1.165) is 11.1 Å². The number of hydrogen-bond acceptors (Lipinski definition) is 3. The van der Waals surface area contributed by atoms with Crippen molar-refractivity contribution in [2.75, 3.05) is 6.26 Å². The second kappa shape index (κ2) is 7.22. The van der Waals surface area contributed by atoms with Gasteiger partial charge in [0.2, 0.25) is 5.56 Å². The number of benzene rings is 1. The van der Waals surface area contributed by atoms with Gasteiger partial charge in [-0.15, -0.1) is 0 Å². The maximum atomic E-state index is 11.9. The summed E-state index contributed by atoms with van der Waals surface area (Å²) in [5.41, 5.74) is 2.52. The fraction of sp³-hybridized carbons (Fsp3) is 0.235. The molecule has 0 saturated carbocycles. The summed E-state index contributed by atoms with van der Waals surface area (Å²) in [7, 11) is -3.35. The van der Waals surface area contributed by atoms with Crippen LogP contribution in [0.4, 0.5) is 0 Å². The Morgan fingerprint density at radius 1 is 1.14 bits per heavy atom. The van der Waals surface area contributed by atoms with Crippen LogP contribution in [0.3, 0.4) is 0 Å². The van der Waals surface area contributed by atoms with E-state index in [1.54, 1.807) is 31.3 Å². The number of sulfone groups is 1. The third-order valence-corrected chi connectivity index (χ3v) is 4.09. The average Bonchev–Trinajstić information content (AvgIpc) is 2.48. The van der Waals surface area contributed by atoms with Crippen molar-refractivity contribution < 1.29 is 8.42 Å². The Labute approximate surface area is 131 Å². The number of aromatic amines is 1. The van der Waals surface area contributed by atoms with Crippen LogP contribution in [-0.2, 0) is 9.84 Å². The molecule has 1 aromatic heterocycles. The SMILES string of the molecule is C=C(C)c1c(-c2ccc(=O)[nH]c2)cccc1S(C)(=O)=O.CC. The number of pyridine rings is 1. The molecule has 5 heteroatoms. The van der Waals surface area contributed by atoms with Gasteiger partial charge in [0.15, 0.2) is 9.84 Å². The van der Waals surface area contributed by atoms with Gasteiger partial charge in [-0.3, -0.25) is 4.79 Å². The highest BCUT2D eigenvalue weighted by Gasteiger charge is 2.17. The van der Waals surface area contributed by atoms with Gasteiger partial charge in [-0.2, -0.15) is 0 Å². The Balaban J connectivity index is 0.00000116. The highest BCUT2D eigenvalue weighted by molar-refractivity contribution is 7.90. The van der Waals surface area contributed by atoms with Crippen LogP contribution in [0.5, 0.6) is 0 Å². The van der Waals surface area contributed by atoms with E-state index in [4.69, 9.17) is 0 Å². The van der Waals surface area contributed by atoms with Crippen LogP contribution in [0.15, 0.2) is 52.8 Å². The largest absolute Gasteiger partial charge is 0.328 e. The van der Waals surface area contributed by atoms with Crippen LogP contribution in [0.25, 0.3) is 16.7 Å². The zero-order valence-corrected chi connectivity index (χ0v) is 14.1. The summed E-state index contributed by atoms with van der Waals surface area (Å²) < 4.78 is 23.8. The van der Waals surface area contributed by atoms with Gasteiger partial charge >= 0.3 is 0 Å². The van der Waals surface area contributed by atoms with Crippen LogP contribution in [0, 0.1) is 0 Å². The predicted molar refractivity (Wildman–Crippen MR) is 91.7 cm³/mol. The van der Waals surface area contributed by atoms with Crippen LogP contribution < -0.4 is 5.56 Å².